The number of para-hydroxylation sites is 1. The van der Waals surface area contributed by atoms with E-state index in [9.17, 15) is 13.2 Å². The van der Waals surface area contributed by atoms with Crippen molar-refractivity contribution in [3.05, 3.63) is 66.5 Å². The van der Waals surface area contributed by atoms with Crippen LogP contribution in [0.25, 0.3) is 5.69 Å². The number of benzene rings is 2. The standard InChI is InChI=1S/C22H25N5O3S2/c1-25-12-14-26(15-13-25)32(29,30)19-10-8-17(9-11-19)24-21(28)20-16-23-22(31-2)27(20)18-6-4-3-5-7-18/h3-11,16H,12-15H2,1-2H3,(H,24,28). The first-order chi connectivity index (χ1) is 15.4. The molecule has 1 aliphatic rings. The fourth-order valence-electron chi connectivity index (χ4n) is 3.55. The van der Waals surface area contributed by atoms with Crippen LogP contribution in [0.4, 0.5) is 5.69 Å². The third-order valence-corrected chi connectivity index (χ3v) is 7.94. The summed E-state index contributed by atoms with van der Waals surface area (Å²) in [4.78, 5) is 19.7. The minimum Gasteiger partial charge on any atom is -0.321 e. The molecule has 10 heteroatoms. The van der Waals surface area contributed by atoms with Crippen LogP contribution in [0.1, 0.15) is 10.5 Å². The highest BCUT2D eigenvalue weighted by Gasteiger charge is 2.27. The van der Waals surface area contributed by atoms with Gasteiger partial charge in [0.05, 0.1) is 11.1 Å². The van der Waals surface area contributed by atoms with Crippen molar-refractivity contribution in [3.63, 3.8) is 0 Å². The molecule has 168 valence electrons. The molecule has 4 rings (SSSR count). The summed E-state index contributed by atoms with van der Waals surface area (Å²) >= 11 is 1.45. The number of thioether (sulfide) groups is 1. The predicted molar refractivity (Wildman–Crippen MR) is 126 cm³/mol. The second-order valence-electron chi connectivity index (χ2n) is 7.49. The minimum absolute atomic E-state index is 0.221. The molecule has 0 radical (unpaired) electrons. The Morgan fingerprint density at radius 3 is 2.28 bits per heavy atom. The first kappa shape index (κ1) is 22.5. The topological polar surface area (TPSA) is 87.5 Å². The van der Waals surface area contributed by atoms with Crippen molar-refractivity contribution in [2.45, 2.75) is 10.1 Å². The molecule has 0 saturated carbocycles. The van der Waals surface area contributed by atoms with E-state index in [1.54, 1.807) is 22.9 Å². The number of anilines is 1. The zero-order valence-corrected chi connectivity index (χ0v) is 19.6. The first-order valence-electron chi connectivity index (χ1n) is 10.2. The first-order valence-corrected chi connectivity index (χ1v) is 12.8. The fraction of sp³-hybridized carbons (Fsp3) is 0.273. The van der Waals surface area contributed by atoms with Crippen molar-refractivity contribution < 1.29 is 13.2 Å². The van der Waals surface area contributed by atoms with Gasteiger partial charge in [-0.25, -0.2) is 13.4 Å². The van der Waals surface area contributed by atoms with Gasteiger partial charge >= 0.3 is 0 Å². The van der Waals surface area contributed by atoms with E-state index in [1.807, 2.05) is 43.6 Å². The summed E-state index contributed by atoms with van der Waals surface area (Å²) in [6, 6.07) is 15.8. The lowest BCUT2D eigenvalue weighted by atomic mass is 10.3. The van der Waals surface area contributed by atoms with Crippen molar-refractivity contribution in [2.75, 3.05) is 44.8 Å². The Bertz CT molecular complexity index is 1190. The fourth-order valence-corrected chi connectivity index (χ4v) is 5.52. The van der Waals surface area contributed by atoms with Crippen LogP contribution in [0, 0.1) is 0 Å². The molecule has 1 fully saturated rings. The van der Waals surface area contributed by atoms with Gasteiger partial charge in [-0.1, -0.05) is 30.0 Å². The number of sulfonamides is 1. The van der Waals surface area contributed by atoms with Gasteiger partial charge in [0.15, 0.2) is 5.16 Å². The lowest BCUT2D eigenvalue weighted by Crippen LogP contribution is -2.46. The van der Waals surface area contributed by atoms with Crippen LogP contribution in [0.2, 0.25) is 0 Å². The third kappa shape index (κ3) is 4.58. The van der Waals surface area contributed by atoms with E-state index in [0.717, 1.165) is 5.69 Å². The van der Waals surface area contributed by atoms with Gasteiger partial charge in [0.1, 0.15) is 5.69 Å². The highest BCUT2D eigenvalue weighted by Crippen LogP contribution is 2.23. The second kappa shape index (κ2) is 9.45. The summed E-state index contributed by atoms with van der Waals surface area (Å²) in [6.45, 7) is 2.36. The van der Waals surface area contributed by atoms with Gasteiger partial charge in [-0.05, 0) is 49.7 Å². The summed E-state index contributed by atoms with van der Waals surface area (Å²) in [5.41, 5.74) is 1.75. The minimum atomic E-state index is -3.55. The van der Waals surface area contributed by atoms with Crippen molar-refractivity contribution in [2.24, 2.45) is 0 Å². The summed E-state index contributed by atoms with van der Waals surface area (Å²) in [5.74, 6) is -0.323. The summed E-state index contributed by atoms with van der Waals surface area (Å²) in [5, 5.41) is 3.55. The second-order valence-corrected chi connectivity index (χ2v) is 10.2. The monoisotopic (exact) mass is 471 g/mol. The molecule has 1 amide bonds. The number of likely N-dealkylation sites (N-methyl/N-ethyl adjacent to an activating group) is 1. The normalized spacial score (nSPS) is 15.6. The van der Waals surface area contributed by atoms with Gasteiger partial charge in [-0.2, -0.15) is 4.31 Å². The maximum absolute atomic E-state index is 13.0. The highest BCUT2D eigenvalue weighted by atomic mass is 32.2. The van der Waals surface area contributed by atoms with Crippen LogP contribution in [0.3, 0.4) is 0 Å². The summed E-state index contributed by atoms with van der Waals surface area (Å²) in [7, 11) is -1.57. The number of aromatic nitrogens is 2. The zero-order valence-electron chi connectivity index (χ0n) is 17.9. The van der Waals surface area contributed by atoms with Crippen LogP contribution >= 0.6 is 11.8 Å². The molecule has 3 aromatic rings. The molecule has 0 spiro atoms. The van der Waals surface area contributed by atoms with Crippen molar-refractivity contribution >= 4 is 33.4 Å². The molecule has 1 aliphatic heterocycles. The van der Waals surface area contributed by atoms with Crippen LogP contribution < -0.4 is 5.32 Å². The van der Waals surface area contributed by atoms with E-state index in [0.29, 0.717) is 42.7 Å². The quantitative estimate of drug-likeness (QED) is 0.557. The number of rotatable bonds is 6. The molecule has 0 atom stereocenters. The van der Waals surface area contributed by atoms with Crippen molar-refractivity contribution in [3.8, 4) is 5.69 Å². The number of carbonyl (C=O) groups is 1. The maximum Gasteiger partial charge on any atom is 0.274 e. The van der Waals surface area contributed by atoms with E-state index in [-0.39, 0.29) is 10.8 Å². The molecule has 0 bridgehead atoms. The molecule has 2 aromatic carbocycles. The van der Waals surface area contributed by atoms with Crippen molar-refractivity contribution in [1.29, 1.82) is 0 Å². The molecular weight excluding hydrogens is 446 g/mol. The number of hydrogen-bond donors (Lipinski definition) is 1. The Morgan fingerprint density at radius 1 is 1.00 bits per heavy atom. The number of nitrogens with zero attached hydrogens (tertiary/aromatic N) is 4. The Hall–Kier alpha value is -2.66. The average molecular weight is 472 g/mol. The molecule has 2 heterocycles. The zero-order chi connectivity index (χ0) is 22.7. The van der Waals surface area contributed by atoms with E-state index < -0.39 is 10.0 Å². The van der Waals surface area contributed by atoms with E-state index >= 15 is 0 Å². The Kier molecular flexibility index (Phi) is 6.66. The molecular formula is C22H25N5O3S2. The summed E-state index contributed by atoms with van der Waals surface area (Å²) in [6.07, 6.45) is 3.45. The SMILES string of the molecule is CSc1ncc(C(=O)Nc2ccc(S(=O)(=O)N3CCN(C)CC3)cc2)n1-c1ccccc1. The van der Waals surface area contributed by atoms with E-state index in [1.165, 1.54) is 28.2 Å². The largest absolute Gasteiger partial charge is 0.321 e. The van der Waals surface area contributed by atoms with Gasteiger partial charge in [-0.3, -0.25) is 9.36 Å². The Labute approximate surface area is 192 Å². The number of amides is 1. The molecule has 1 N–H and O–H groups in total. The molecule has 0 aliphatic carbocycles. The average Bonchev–Trinajstić information content (AvgIpc) is 3.25. The number of piperazine rings is 1. The number of hydrogen-bond acceptors (Lipinski definition) is 6. The molecule has 32 heavy (non-hydrogen) atoms. The molecule has 8 nitrogen and oxygen atoms in total. The Morgan fingerprint density at radius 2 is 1.66 bits per heavy atom. The number of imidazole rings is 1. The third-order valence-electron chi connectivity index (χ3n) is 5.37. The van der Waals surface area contributed by atoms with Gasteiger partial charge in [0.25, 0.3) is 5.91 Å². The molecule has 1 saturated heterocycles. The number of carbonyl (C=O) groups excluding carboxylic acids is 1. The lowest BCUT2D eigenvalue weighted by Gasteiger charge is -2.31. The Balaban J connectivity index is 1.52. The lowest BCUT2D eigenvalue weighted by molar-refractivity contribution is 0.102. The van der Waals surface area contributed by atoms with E-state index in [2.05, 4.69) is 15.2 Å². The van der Waals surface area contributed by atoms with Crippen LogP contribution in [0.15, 0.2) is 70.8 Å². The maximum atomic E-state index is 13.0. The van der Waals surface area contributed by atoms with Gasteiger partial charge in [-0.15, -0.1) is 0 Å². The van der Waals surface area contributed by atoms with Gasteiger partial charge < -0.3 is 10.2 Å². The smallest absolute Gasteiger partial charge is 0.274 e. The van der Waals surface area contributed by atoms with Crippen LogP contribution in [-0.4, -0.2) is 72.6 Å². The van der Waals surface area contributed by atoms with Crippen molar-refractivity contribution in [1.82, 2.24) is 18.8 Å². The van der Waals surface area contributed by atoms with Gasteiger partial charge in [0, 0.05) is 37.6 Å². The van der Waals surface area contributed by atoms with Crippen LogP contribution in [-0.2, 0) is 10.0 Å². The van der Waals surface area contributed by atoms with Crippen LogP contribution in [0.5, 0.6) is 0 Å². The predicted octanol–water partition coefficient (Wildman–Crippen LogP) is 2.78. The molecule has 0 unspecified atom stereocenters. The molecule has 1 aromatic heterocycles. The summed E-state index contributed by atoms with van der Waals surface area (Å²) < 4.78 is 29.1. The van der Waals surface area contributed by atoms with E-state index in [4.69, 9.17) is 0 Å². The highest BCUT2D eigenvalue weighted by molar-refractivity contribution is 7.98. The van der Waals surface area contributed by atoms with Gasteiger partial charge in [0.2, 0.25) is 10.0 Å². The number of nitrogens with one attached hydrogen (secondary N) is 1.